The summed E-state index contributed by atoms with van der Waals surface area (Å²) in [6.45, 7) is 9.49. The third kappa shape index (κ3) is 3.11. The molecular weight excluding hydrogens is 148 g/mol. The molecule has 12 heavy (non-hydrogen) atoms. The van der Waals surface area contributed by atoms with Gasteiger partial charge in [-0.3, -0.25) is 9.80 Å². The Morgan fingerprint density at radius 1 is 1.33 bits per heavy atom. The maximum Gasteiger partial charge on any atom is 0.0503 e. The molecule has 0 atom stereocenters. The van der Waals surface area contributed by atoms with Crippen LogP contribution in [0.5, 0.6) is 0 Å². The van der Waals surface area contributed by atoms with E-state index in [1.54, 1.807) is 0 Å². The molecule has 2 heteroatoms. The van der Waals surface area contributed by atoms with Gasteiger partial charge >= 0.3 is 0 Å². The highest BCUT2D eigenvalue weighted by atomic mass is 15.3. The van der Waals surface area contributed by atoms with Crippen molar-refractivity contribution in [2.24, 2.45) is 5.92 Å². The van der Waals surface area contributed by atoms with Gasteiger partial charge in [-0.25, -0.2) is 0 Å². The van der Waals surface area contributed by atoms with Crippen LogP contribution >= 0.6 is 0 Å². The van der Waals surface area contributed by atoms with Gasteiger partial charge in [-0.15, -0.1) is 0 Å². The predicted molar refractivity (Wildman–Crippen MR) is 53.1 cm³/mol. The molecule has 0 spiro atoms. The molecule has 1 fully saturated rings. The minimum Gasteiger partial charge on any atom is -0.294 e. The van der Waals surface area contributed by atoms with Crippen LogP contribution in [0.4, 0.5) is 0 Å². The van der Waals surface area contributed by atoms with Gasteiger partial charge in [-0.05, 0) is 45.4 Å². The lowest BCUT2D eigenvalue weighted by Gasteiger charge is -2.32. The molecule has 0 amide bonds. The Morgan fingerprint density at radius 2 is 1.92 bits per heavy atom. The first-order chi connectivity index (χ1) is 5.72. The number of nitrogens with zero attached hydrogens (tertiary/aromatic N) is 2. The fourth-order valence-electron chi connectivity index (χ4n) is 1.64. The largest absolute Gasteiger partial charge is 0.294 e. The third-order valence-electron chi connectivity index (χ3n) is 2.86. The van der Waals surface area contributed by atoms with E-state index in [-0.39, 0.29) is 0 Å². The maximum absolute atomic E-state index is 2.56. The first-order valence-electron chi connectivity index (χ1n) is 5.13. The highest BCUT2D eigenvalue weighted by Crippen LogP contribution is 2.15. The van der Waals surface area contributed by atoms with E-state index >= 15 is 0 Å². The van der Waals surface area contributed by atoms with Crippen molar-refractivity contribution in [3.63, 3.8) is 0 Å². The topological polar surface area (TPSA) is 6.48 Å². The predicted octanol–water partition coefficient (Wildman–Crippen LogP) is 1.63. The first-order valence-corrected chi connectivity index (χ1v) is 5.13. The molecule has 1 aliphatic rings. The summed E-state index contributed by atoms with van der Waals surface area (Å²) in [6.07, 6.45) is 2.77. The highest BCUT2D eigenvalue weighted by Gasteiger charge is 2.15. The van der Waals surface area contributed by atoms with Crippen molar-refractivity contribution in [2.75, 3.05) is 33.4 Å². The van der Waals surface area contributed by atoms with Crippen LogP contribution in [-0.2, 0) is 0 Å². The van der Waals surface area contributed by atoms with Crippen molar-refractivity contribution in [3.8, 4) is 0 Å². The Labute approximate surface area is 76.5 Å². The van der Waals surface area contributed by atoms with Crippen molar-refractivity contribution in [2.45, 2.75) is 26.7 Å². The summed E-state index contributed by atoms with van der Waals surface area (Å²) in [5.41, 5.74) is 0. The number of rotatable bonds is 3. The Bertz CT molecular complexity index is 117. The molecule has 0 radical (unpaired) electrons. The van der Waals surface area contributed by atoms with Crippen molar-refractivity contribution in [1.29, 1.82) is 0 Å². The third-order valence-corrected chi connectivity index (χ3v) is 2.86. The molecule has 1 saturated heterocycles. The summed E-state index contributed by atoms with van der Waals surface area (Å²) in [5.74, 6) is 0.952. The molecule has 0 aromatic carbocycles. The minimum atomic E-state index is 0.952. The van der Waals surface area contributed by atoms with Gasteiger partial charge in [0.05, 0.1) is 6.67 Å². The van der Waals surface area contributed by atoms with Crippen LogP contribution < -0.4 is 0 Å². The minimum absolute atomic E-state index is 0.952. The van der Waals surface area contributed by atoms with Gasteiger partial charge in [0.1, 0.15) is 0 Å². The standard InChI is InChI=1S/C10H22N2/c1-4-11(3)9-12-7-5-10(2)6-8-12/h10H,4-9H2,1-3H3. The monoisotopic (exact) mass is 170 g/mol. The summed E-state index contributed by atoms with van der Waals surface area (Å²) in [4.78, 5) is 4.93. The molecule has 0 unspecified atom stereocenters. The Morgan fingerprint density at radius 3 is 2.42 bits per heavy atom. The molecule has 0 saturated carbocycles. The average Bonchev–Trinajstić information content (AvgIpc) is 2.09. The number of hydrogen-bond donors (Lipinski definition) is 0. The molecule has 0 bridgehead atoms. The molecule has 1 aliphatic heterocycles. The zero-order chi connectivity index (χ0) is 8.97. The normalized spacial score (nSPS) is 22.0. The Kier molecular flexibility index (Phi) is 4.02. The van der Waals surface area contributed by atoms with Crippen LogP contribution in [0, 0.1) is 5.92 Å². The maximum atomic E-state index is 2.56. The number of likely N-dealkylation sites (tertiary alicyclic amines) is 1. The summed E-state index contributed by atoms with van der Waals surface area (Å²) in [5, 5.41) is 0. The summed E-state index contributed by atoms with van der Waals surface area (Å²) in [6, 6.07) is 0. The van der Waals surface area contributed by atoms with E-state index in [0.717, 1.165) is 19.1 Å². The molecule has 2 nitrogen and oxygen atoms in total. The van der Waals surface area contributed by atoms with Crippen molar-refractivity contribution >= 4 is 0 Å². The zero-order valence-electron chi connectivity index (χ0n) is 8.71. The van der Waals surface area contributed by atoms with E-state index in [1.807, 2.05) is 0 Å². The SMILES string of the molecule is CCN(C)CN1CCC(C)CC1. The molecule has 0 aromatic rings. The molecular formula is C10H22N2. The van der Waals surface area contributed by atoms with Gasteiger partial charge < -0.3 is 0 Å². The van der Waals surface area contributed by atoms with Gasteiger partial charge in [0.25, 0.3) is 0 Å². The quantitative estimate of drug-likeness (QED) is 0.635. The lowest BCUT2D eigenvalue weighted by Crippen LogP contribution is -2.40. The van der Waals surface area contributed by atoms with Gasteiger partial charge in [-0.2, -0.15) is 0 Å². The number of hydrogen-bond acceptors (Lipinski definition) is 2. The second kappa shape index (κ2) is 4.83. The van der Waals surface area contributed by atoms with Crippen LogP contribution in [0.25, 0.3) is 0 Å². The molecule has 0 aliphatic carbocycles. The van der Waals surface area contributed by atoms with Gasteiger partial charge in [0.2, 0.25) is 0 Å². The molecule has 0 N–H and O–H groups in total. The van der Waals surface area contributed by atoms with Crippen LogP contribution in [0.15, 0.2) is 0 Å². The van der Waals surface area contributed by atoms with Crippen LogP contribution in [-0.4, -0.2) is 43.2 Å². The van der Waals surface area contributed by atoms with Gasteiger partial charge in [0, 0.05) is 0 Å². The van der Waals surface area contributed by atoms with Gasteiger partial charge in [0.15, 0.2) is 0 Å². The van der Waals surface area contributed by atoms with E-state index in [0.29, 0.717) is 0 Å². The smallest absolute Gasteiger partial charge is 0.0503 e. The van der Waals surface area contributed by atoms with E-state index in [4.69, 9.17) is 0 Å². The molecule has 72 valence electrons. The summed E-state index contributed by atoms with van der Waals surface area (Å²) < 4.78 is 0. The van der Waals surface area contributed by atoms with E-state index in [9.17, 15) is 0 Å². The highest BCUT2D eigenvalue weighted by molar-refractivity contribution is 4.68. The lowest BCUT2D eigenvalue weighted by molar-refractivity contribution is 0.118. The number of piperidine rings is 1. The Hall–Kier alpha value is -0.0800. The second-order valence-electron chi connectivity index (χ2n) is 4.11. The van der Waals surface area contributed by atoms with Crippen LogP contribution in [0.1, 0.15) is 26.7 Å². The lowest BCUT2D eigenvalue weighted by atomic mass is 10.00. The average molecular weight is 170 g/mol. The summed E-state index contributed by atoms with van der Waals surface area (Å²) >= 11 is 0. The van der Waals surface area contributed by atoms with Crippen molar-refractivity contribution in [3.05, 3.63) is 0 Å². The van der Waals surface area contributed by atoms with E-state index in [2.05, 4.69) is 30.7 Å². The fraction of sp³-hybridized carbons (Fsp3) is 1.00. The molecule has 1 rings (SSSR count). The first kappa shape index (κ1) is 10.0. The fourth-order valence-corrected chi connectivity index (χ4v) is 1.64. The second-order valence-corrected chi connectivity index (χ2v) is 4.11. The van der Waals surface area contributed by atoms with Crippen molar-refractivity contribution < 1.29 is 0 Å². The van der Waals surface area contributed by atoms with Crippen molar-refractivity contribution in [1.82, 2.24) is 9.80 Å². The molecule has 0 aromatic heterocycles. The Balaban J connectivity index is 2.17. The zero-order valence-corrected chi connectivity index (χ0v) is 8.71. The van der Waals surface area contributed by atoms with E-state index in [1.165, 1.54) is 25.9 Å². The van der Waals surface area contributed by atoms with E-state index < -0.39 is 0 Å². The van der Waals surface area contributed by atoms with Crippen LogP contribution in [0.3, 0.4) is 0 Å². The molecule has 1 heterocycles. The summed E-state index contributed by atoms with van der Waals surface area (Å²) in [7, 11) is 2.19. The van der Waals surface area contributed by atoms with Gasteiger partial charge in [-0.1, -0.05) is 13.8 Å². The van der Waals surface area contributed by atoms with Crippen LogP contribution in [0.2, 0.25) is 0 Å².